The summed E-state index contributed by atoms with van der Waals surface area (Å²) in [6.45, 7) is 1.17. The third-order valence-electron chi connectivity index (χ3n) is 4.51. The smallest absolute Gasteiger partial charge is 0.225 e. The number of carbonyl (C=O) groups excluding carboxylic acids is 1. The fourth-order valence-corrected chi connectivity index (χ4v) is 3.76. The molecule has 4 rings (SSSR count). The van der Waals surface area contributed by atoms with E-state index in [0.29, 0.717) is 30.9 Å². The first-order chi connectivity index (χ1) is 12.2. The van der Waals surface area contributed by atoms with Crippen molar-refractivity contribution < 1.29 is 4.79 Å². The molecule has 0 bridgehead atoms. The summed E-state index contributed by atoms with van der Waals surface area (Å²) in [6, 6.07) is 11.9. The van der Waals surface area contributed by atoms with E-state index in [0.717, 1.165) is 18.4 Å². The van der Waals surface area contributed by atoms with Gasteiger partial charge in [0.2, 0.25) is 11.3 Å². The van der Waals surface area contributed by atoms with E-state index in [9.17, 15) is 9.59 Å². The van der Waals surface area contributed by atoms with Gasteiger partial charge >= 0.3 is 0 Å². The van der Waals surface area contributed by atoms with E-state index in [1.165, 1.54) is 11.1 Å². The van der Waals surface area contributed by atoms with Crippen molar-refractivity contribution in [1.29, 1.82) is 0 Å². The molecule has 0 N–H and O–H groups in total. The standard InChI is InChI=1S/C19H19N3O2S/c23-18-12-20-22(17-6-2-1-5-16(17)18)10-9-19(24)21(14-7-8-14)13-15-4-3-11-25-15/h1-6,11-12,14H,7-10,13H2. The average molecular weight is 353 g/mol. The quantitative estimate of drug-likeness (QED) is 0.684. The lowest BCUT2D eigenvalue weighted by atomic mass is 10.2. The topological polar surface area (TPSA) is 55.2 Å². The van der Waals surface area contributed by atoms with E-state index in [1.54, 1.807) is 22.1 Å². The largest absolute Gasteiger partial charge is 0.335 e. The molecular weight excluding hydrogens is 334 g/mol. The molecule has 128 valence electrons. The highest BCUT2D eigenvalue weighted by atomic mass is 32.1. The van der Waals surface area contributed by atoms with Crippen molar-refractivity contribution in [3.8, 4) is 0 Å². The first-order valence-electron chi connectivity index (χ1n) is 8.49. The SMILES string of the molecule is O=C(CCn1ncc(=O)c2ccccc21)N(Cc1cccs1)C1CC1. The van der Waals surface area contributed by atoms with Crippen LogP contribution in [0.2, 0.25) is 0 Å². The molecule has 1 saturated carbocycles. The van der Waals surface area contributed by atoms with Gasteiger partial charge in [0, 0.05) is 22.7 Å². The Hall–Kier alpha value is -2.47. The highest BCUT2D eigenvalue weighted by molar-refractivity contribution is 7.09. The number of rotatable bonds is 6. The van der Waals surface area contributed by atoms with Crippen LogP contribution in [0.1, 0.15) is 24.1 Å². The molecule has 1 aliphatic carbocycles. The van der Waals surface area contributed by atoms with Crippen LogP contribution in [-0.2, 0) is 17.9 Å². The van der Waals surface area contributed by atoms with E-state index in [-0.39, 0.29) is 11.3 Å². The van der Waals surface area contributed by atoms with E-state index >= 15 is 0 Å². The normalized spacial score (nSPS) is 13.9. The minimum Gasteiger partial charge on any atom is -0.335 e. The maximum absolute atomic E-state index is 12.8. The Bertz CT molecular complexity index is 945. The molecule has 0 spiro atoms. The number of benzene rings is 1. The van der Waals surface area contributed by atoms with Crippen LogP contribution in [0.4, 0.5) is 0 Å². The second-order valence-electron chi connectivity index (χ2n) is 6.33. The fourth-order valence-electron chi connectivity index (χ4n) is 3.06. The minimum absolute atomic E-state index is 0.0875. The molecule has 2 aromatic heterocycles. The fraction of sp³-hybridized carbons (Fsp3) is 0.316. The average Bonchev–Trinajstić information content (AvgIpc) is 3.35. The Morgan fingerprint density at radius 3 is 2.84 bits per heavy atom. The zero-order chi connectivity index (χ0) is 17.2. The first kappa shape index (κ1) is 16.0. The molecule has 3 aromatic rings. The van der Waals surface area contributed by atoms with Crippen molar-refractivity contribution in [2.24, 2.45) is 0 Å². The lowest BCUT2D eigenvalue weighted by molar-refractivity contribution is -0.132. The van der Waals surface area contributed by atoms with Crippen LogP contribution in [0.15, 0.2) is 52.8 Å². The summed E-state index contributed by atoms with van der Waals surface area (Å²) in [5.74, 6) is 0.153. The van der Waals surface area contributed by atoms with E-state index in [2.05, 4.69) is 11.2 Å². The molecule has 0 atom stereocenters. The maximum atomic E-state index is 12.8. The number of amides is 1. The number of hydrogen-bond acceptors (Lipinski definition) is 4. The van der Waals surface area contributed by atoms with Gasteiger partial charge < -0.3 is 4.90 Å². The molecule has 1 aliphatic rings. The number of hydrogen-bond donors (Lipinski definition) is 0. The third-order valence-corrected chi connectivity index (χ3v) is 5.37. The lowest BCUT2D eigenvalue weighted by Gasteiger charge is -2.22. The van der Waals surface area contributed by atoms with Crippen LogP contribution in [-0.4, -0.2) is 26.6 Å². The van der Waals surface area contributed by atoms with Crippen molar-refractivity contribution in [2.45, 2.75) is 38.4 Å². The van der Waals surface area contributed by atoms with Gasteiger partial charge in [-0.3, -0.25) is 14.3 Å². The molecular formula is C19H19N3O2S. The van der Waals surface area contributed by atoms with E-state index in [4.69, 9.17) is 0 Å². The molecule has 0 unspecified atom stereocenters. The van der Waals surface area contributed by atoms with Gasteiger partial charge in [-0.1, -0.05) is 18.2 Å². The molecule has 6 heteroatoms. The third kappa shape index (κ3) is 3.49. The summed E-state index contributed by atoms with van der Waals surface area (Å²) >= 11 is 1.69. The van der Waals surface area contributed by atoms with E-state index in [1.807, 2.05) is 34.5 Å². The molecule has 0 saturated heterocycles. The zero-order valence-electron chi connectivity index (χ0n) is 13.8. The van der Waals surface area contributed by atoms with Gasteiger partial charge in [0.15, 0.2) is 0 Å². The van der Waals surface area contributed by atoms with Crippen LogP contribution in [0.5, 0.6) is 0 Å². The molecule has 25 heavy (non-hydrogen) atoms. The summed E-state index contributed by atoms with van der Waals surface area (Å²) in [6.07, 6.45) is 3.91. The Balaban J connectivity index is 1.49. The predicted octanol–water partition coefficient (Wildman–Crippen LogP) is 3.04. The summed E-state index contributed by atoms with van der Waals surface area (Å²) < 4.78 is 1.75. The van der Waals surface area contributed by atoms with Crippen LogP contribution < -0.4 is 5.43 Å². The van der Waals surface area contributed by atoms with Crippen LogP contribution in [0.25, 0.3) is 10.9 Å². The van der Waals surface area contributed by atoms with Crippen LogP contribution in [0, 0.1) is 0 Å². The second-order valence-corrected chi connectivity index (χ2v) is 7.36. The van der Waals surface area contributed by atoms with E-state index < -0.39 is 0 Å². The van der Waals surface area contributed by atoms with Gasteiger partial charge in [-0.2, -0.15) is 5.10 Å². The zero-order valence-corrected chi connectivity index (χ0v) is 14.6. The van der Waals surface area contributed by atoms with Gasteiger partial charge in [-0.25, -0.2) is 0 Å². The van der Waals surface area contributed by atoms with Gasteiger partial charge in [0.25, 0.3) is 0 Å². The molecule has 1 aromatic carbocycles. The monoisotopic (exact) mass is 353 g/mol. The first-order valence-corrected chi connectivity index (χ1v) is 9.37. The predicted molar refractivity (Wildman–Crippen MR) is 98.5 cm³/mol. The summed E-state index contributed by atoms with van der Waals surface area (Å²) in [7, 11) is 0. The van der Waals surface area contributed by atoms with Crippen LogP contribution >= 0.6 is 11.3 Å². The Morgan fingerprint density at radius 2 is 2.08 bits per heavy atom. The van der Waals surface area contributed by atoms with Crippen molar-refractivity contribution in [3.63, 3.8) is 0 Å². The Morgan fingerprint density at radius 1 is 1.24 bits per heavy atom. The number of para-hydroxylation sites is 1. The van der Waals surface area contributed by atoms with Crippen molar-refractivity contribution >= 4 is 28.1 Å². The second kappa shape index (κ2) is 6.80. The Labute approximate surface area is 149 Å². The van der Waals surface area contributed by atoms with Gasteiger partial charge in [0.05, 0.1) is 24.8 Å². The number of carbonyl (C=O) groups is 1. The Kier molecular flexibility index (Phi) is 4.36. The van der Waals surface area contributed by atoms with Gasteiger partial charge in [0.1, 0.15) is 0 Å². The number of aromatic nitrogens is 2. The van der Waals surface area contributed by atoms with Crippen molar-refractivity contribution in [2.75, 3.05) is 0 Å². The number of thiophene rings is 1. The summed E-state index contributed by atoms with van der Waals surface area (Å²) in [4.78, 5) is 27.9. The number of nitrogens with zero attached hydrogens (tertiary/aromatic N) is 3. The number of aryl methyl sites for hydroxylation is 1. The summed E-state index contributed by atoms with van der Waals surface area (Å²) in [5, 5.41) is 6.89. The lowest BCUT2D eigenvalue weighted by Crippen LogP contribution is -2.33. The molecule has 1 fully saturated rings. The minimum atomic E-state index is -0.0875. The number of fused-ring (bicyclic) bond motifs is 1. The molecule has 0 radical (unpaired) electrons. The van der Waals surface area contributed by atoms with Crippen molar-refractivity contribution in [3.05, 3.63) is 63.1 Å². The summed E-state index contributed by atoms with van der Waals surface area (Å²) in [5.41, 5.74) is 0.689. The molecule has 2 heterocycles. The van der Waals surface area contributed by atoms with Crippen LogP contribution in [0.3, 0.4) is 0 Å². The molecule has 5 nitrogen and oxygen atoms in total. The van der Waals surface area contributed by atoms with Gasteiger partial charge in [-0.05, 0) is 36.4 Å². The molecule has 0 aliphatic heterocycles. The van der Waals surface area contributed by atoms with Crippen molar-refractivity contribution in [1.82, 2.24) is 14.7 Å². The van der Waals surface area contributed by atoms with Gasteiger partial charge in [-0.15, -0.1) is 11.3 Å². The highest BCUT2D eigenvalue weighted by Gasteiger charge is 2.32. The highest BCUT2D eigenvalue weighted by Crippen LogP contribution is 2.29. The molecule has 1 amide bonds. The maximum Gasteiger partial charge on any atom is 0.225 e.